The summed E-state index contributed by atoms with van der Waals surface area (Å²) in [6.07, 6.45) is 0. The fraction of sp³-hybridized carbons (Fsp3) is 0.238. The van der Waals surface area contributed by atoms with E-state index >= 15 is 0 Å². The number of Topliss-reactive ketones (excluding diaryl/α,β-unsaturated/α-hetero) is 1. The van der Waals surface area contributed by atoms with Crippen LogP contribution in [-0.4, -0.2) is 32.2 Å². The summed E-state index contributed by atoms with van der Waals surface area (Å²) in [4.78, 5) is 24.6. The van der Waals surface area contributed by atoms with Crippen molar-refractivity contribution in [3.05, 3.63) is 77.1 Å². The molecule has 2 aromatic carbocycles. The largest absolute Gasteiger partial charge is 0.345 e. The Morgan fingerprint density at radius 2 is 1.77 bits per heavy atom. The average Bonchev–Trinajstić information content (AvgIpc) is 3.14. The van der Waals surface area contributed by atoms with E-state index in [2.05, 4.69) is 15.5 Å². The Bertz CT molecular complexity index is 1050. The van der Waals surface area contributed by atoms with Gasteiger partial charge < -0.3 is 9.88 Å². The molecule has 9 heteroatoms. The molecule has 1 N–H and O–H groups in total. The lowest BCUT2D eigenvalue weighted by Gasteiger charge is -2.14. The number of halogens is 2. The van der Waals surface area contributed by atoms with Gasteiger partial charge in [0.05, 0.1) is 17.9 Å². The third kappa shape index (κ3) is 5.10. The molecule has 30 heavy (non-hydrogen) atoms. The zero-order valence-corrected chi connectivity index (χ0v) is 17.2. The van der Waals surface area contributed by atoms with Gasteiger partial charge in [0.15, 0.2) is 16.8 Å². The minimum atomic E-state index is -0.601. The highest BCUT2D eigenvalue weighted by molar-refractivity contribution is 7.99. The Morgan fingerprint density at radius 1 is 1.07 bits per heavy atom. The number of aromatic nitrogens is 3. The Labute approximate surface area is 176 Å². The summed E-state index contributed by atoms with van der Waals surface area (Å²) in [6, 6.07) is 11.1. The SMILES string of the molecule is CC(C)n1c(CNC(=O)c2ccccc2F)nnc1SCC(=O)c1ccc(F)cc1. The van der Waals surface area contributed by atoms with Crippen LogP contribution in [-0.2, 0) is 6.54 Å². The van der Waals surface area contributed by atoms with Crippen LogP contribution in [0.4, 0.5) is 8.78 Å². The number of ketones is 1. The quantitative estimate of drug-likeness (QED) is 0.431. The molecule has 0 saturated carbocycles. The minimum Gasteiger partial charge on any atom is -0.345 e. The molecule has 0 radical (unpaired) electrons. The fourth-order valence-corrected chi connectivity index (χ4v) is 3.77. The molecular formula is C21H20F2N4O2S. The molecule has 0 bridgehead atoms. The van der Waals surface area contributed by atoms with Crippen LogP contribution in [0.15, 0.2) is 53.7 Å². The molecule has 0 saturated heterocycles. The molecule has 0 fully saturated rings. The zero-order valence-electron chi connectivity index (χ0n) is 16.4. The number of rotatable bonds is 8. The molecule has 0 atom stereocenters. The fourth-order valence-electron chi connectivity index (χ4n) is 2.79. The van der Waals surface area contributed by atoms with E-state index in [4.69, 9.17) is 0 Å². The first-order chi connectivity index (χ1) is 14.4. The van der Waals surface area contributed by atoms with E-state index in [-0.39, 0.29) is 29.7 Å². The molecule has 0 aliphatic rings. The minimum absolute atomic E-state index is 0.0243. The average molecular weight is 430 g/mol. The second-order valence-corrected chi connectivity index (χ2v) is 7.69. The maximum atomic E-state index is 13.8. The van der Waals surface area contributed by atoms with Crippen molar-refractivity contribution in [1.29, 1.82) is 0 Å². The van der Waals surface area contributed by atoms with Crippen molar-refractivity contribution < 1.29 is 18.4 Å². The van der Waals surface area contributed by atoms with Gasteiger partial charge in [-0.25, -0.2) is 8.78 Å². The van der Waals surface area contributed by atoms with Crippen molar-refractivity contribution in [1.82, 2.24) is 20.1 Å². The lowest BCUT2D eigenvalue weighted by molar-refractivity contribution is 0.0944. The first-order valence-corrected chi connectivity index (χ1v) is 10.2. The Balaban J connectivity index is 1.67. The lowest BCUT2D eigenvalue weighted by atomic mass is 10.1. The van der Waals surface area contributed by atoms with Gasteiger partial charge in [-0.15, -0.1) is 10.2 Å². The number of carbonyl (C=O) groups excluding carboxylic acids is 2. The van der Waals surface area contributed by atoms with Crippen LogP contribution < -0.4 is 5.32 Å². The van der Waals surface area contributed by atoms with Crippen LogP contribution in [0.5, 0.6) is 0 Å². The molecule has 1 aromatic heterocycles. The van der Waals surface area contributed by atoms with E-state index in [0.717, 1.165) is 0 Å². The second-order valence-electron chi connectivity index (χ2n) is 6.74. The van der Waals surface area contributed by atoms with Crippen molar-refractivity contribution in [2.24, 2.45) is 0 Å². The van der Waals surface area contributed by atoms with Crippen LogP contribution in [0, 0.1) is 11.6 Å². The summed E-state index contributed by atoms with van der Waals surface area (Å²) in [5.41, 5.74) is 0.365. The number of thioether (sulfide) groups is 1. The van der Waals surface area contributed by atoms with Crippen LogP contribution in [0.1, 0.15) is 46.4 Å². The maximum absolute atomic E-state index is 13.8. The van der Waals surface area contributed by atoms with E-state index < -0.39 is 17.5 Å². The number of nitrogens with one attached hydrogen (secondary N) is 1. The molecular weight excluding hydrogens is 410 g/mol. The molecule has 156 valence electrons. The number of hydrogen-bond acceptors (Lipinski definition) is 5. The van der Waals surface area contributed by atoms with Crippen LogP contribution in [0.3, 0.4) is 0 Å². The van der Waals surface area contributed by atoms with Gasteiger partial charge in [-0.1, -0.05) is 23.9 Å². The van der Waals surface area contributed by atoms with Gasteiger partial charge in [-0.3, -0.25) is 9.59 Å². The topological polar surface area (TPSA) is 76.9 Å². The molecule has 0 aliphatic carbocycles. The smallest absolute Gasteiger partial charge is 0.254 e. The van der Waals surface area contributed by atoms with E-state index in [1.165, 1.54) is 54.2 Å². The molecule has 6 nitrogen and oxygen atoms in total. The third-order valence-electron chi connectivity index (χ3n) is 4.28. The Kier molecular flexibility index (Phi) is 6.94. The van der Waals surface area contributed by atoms with Gasteiger partial charge in [-0.05, 0) is 50.2 Å². The zero-order chi connectivity index (χ0) is 21.7. The molecule has 0 spiro atoms. The van der Waals surface area contributed by atoms with Crippen LogP contribution >= 0.6 is 11.8 Å². The van der Waals surface area contributed by atoms with Gasteiger partial charge in [0, 0.05) is 11.6 Å². The van der Waals surface area contributed by atoms with E-state index in [9.17, 15) is 18.4 Å². The lowest BCUT2D eigenvalue weighted by Crippen LogP contribution is -2.26. The maximum Gasteiger partial charge on any atom is 0.254 e. The third-order valence-corrected chi connectivity index (χ3v) is 5.22. The summed E-state index contributed by atoms with van der Waals surface area (Å²) in [5, 5.41) is 11.4. The molecule has 0 unspecified atom stereocenters. The molecule has 3 rings (SSSR count). The van der Waals surface area contributed by atoms with Crippen molar-refractivity contribution in [3.8, 4) is 0 Å². The highest BCUT2D eigenvalue weighted by Gasteiger charge is 2.18. The van der Waals surface area contributed by atoms with E-state index in [1.54, 1.807) is 6.07 Å². The first-order valence-electron chi connectivity index (χ1n) is 9.25. The number of carbonyl (C=O) groups is 2. The van der Waals surface area contributed by atoms with Gasteiger partial charge in [0.2, 0.25) is 0 Å². The molecule has 0 aliphatic heterocycles. The molecule has 1 heterocycles. The van der Waals surface area contributed by atoms with Crippen molar-refractivity contribution in [2.45, 2.75) is 31.6 Å². The summed E-state index contributed by atoms with van der Waals surface area (Å²) < 4.78 is 28.6. The summed E-state index contributed by atoms with van der Waals surface area (Å²) >= 11 is 1.21. The standard InChI is InChI=1S/C21H20F2N4O2S/c1-13(2)27-19(11-24-20(29)16-5-3-4-6-17(16)23)25-26-21(27)30-12-18(28)14-7-9-15(22)10-8-14/h3-10,13H,11-12H2,1-2H3,(H,24,29). The summed E-state index contributed by atoms with van der Waals surface area (Å²) in [6.45, 7) is 3.92. The molecule has 1 amide bonds. The number of hydrogen-bond donors (Lipinski definition) is 1. The van der Waals surface area contributed by atoms with Gasteiger partial charge >= 0.3 is 0 Å². The Hall–Kier alpha value is -3.07. The predicted molar refractivity (Wildman–Crippen MR) is 109 cm³/mol. The van der Waals surface area contributed by atoms with Gasteiger partial charge in [0.25, 0.3) is 5.91 Å². The van der Waals surface area contributed by atoms with E-state index in [0.29, 0.717) is 16.5 Å². The van der Waals surface area contributed by atoms with Gasteiger partial charge in [0.1, 0.15) is 11.6 Å². The van der Waals surface area contributed by atoms with Gasteiger partial charge in [-0.2, -0.15) is 0 Å². The summed E-state index contributed by atoms with van der Waals surface area (Å²) in [7, 11) is 0. The second kappa shape index (κ2) is 9.62. The first kappa shape index (κ1) is 21.6. The number of benzene rings is 2. The monoisotopic (exact) mass is 430 g/mol. The number of nitrogens with zero attached hydrogens (tertiary/aromatic N) is 3. The van der Waals surface area contributed by atoms with Crippen molar-refractivity contribution >= 4 is 23.5 Å². The normalized spacial score (nSPS) is 11.0. The summed E-state index contributed by atoms with van der Waals surface area (Å²) in [5.74, 6) is -1.11. The van der Waals surface area contributed by atoms with Crippen LogP contribution in [0.25, 0.3) is 0 Å². The predicted octanol–water partition coefficient (Wildman–Crippen LogP) is 4.04. The van der Waals surface area contributed by atoms with Crippen LogP contribution in [0.2, 0.25) is 0 Å². The highest BCUT2D eigenvalue weighted by atomic mass is 32.2. The van der Waals surface area contributed by atoms with Crippen molar-refractivity contribution in [2.75, 3.05) is 5.75 Å². The highest BCUT2D eigenvalue weighted by Crippen LogP contribution is 2.23. The van der Waals surface area contributed by atoms with E-state index in [1.807, 2.05) is 18.4 Å². The molecule has 3 aromatic rings. The number of amides is 1. The van der Waals surface area contributed by atoms with Crippen molar-refractivity contribution in [3.63, 3.8) is 0 Å². The Morgan fingerprint density at radius 3 is 2.43 bits per heavy atom.